The van der Waals surface area contributed by atoms with Crippen molar-refractivity contribution in [3.05, 3.63) is 103 Å². The Kier molecular flexibility index (Phi) is 6.89. The van der Waals surface area contributed by atoms with Crippen LogP contribution < -0.4 is 16.6 Å². The molecule has 170 valence electrons. The molecule has 1 N–H and O–H groups in total. The van der Waals surface area contributed by atoms with E-state index in [2.05, 4.69) is 17.4 Å². The molecule has 0 unspecified atom stereocenters. The van der Waals surface area contributed by atoms with Crippen molar-refractivity contribution in [1.82, 2.24) is 14.5 Å². The lowest BCUT2D eigenvalue weighted by Crippen LogP contribution is -2.42. The largest absolute Gasteiger partial charge is 0.355 e. The van der Waals surface area contributed by atoms with Crippen LogP contribution >= 0.6 is 11.3 Å². The molecule has 0 radical (unpaired) electrons. The Balaban J connectivity index is 1.52. The molecule has 4 rings (SSSR count). The molecule has 4 aromatic rings. The van der Waals surface area contributed by atoms with Gasteiger partial charge in [-0.25, -0.2) is 4.79 Å². The molecule has 0 bridgehead atoms. The molecular formula is C26H27N3O3S. The highest BCUT2D eigenvalue weighted by Gasteiger charge is 2.16. The molecule has 0 aliphatic heterocycles. The third-order valence-electron chi connectivity index (χ3n) is 5.86. The van der Waals surface area contributed by atoms with Gasteiger partial charge in [0.25, 0.3) is 5.56 Å². The molecule has 6 nitrogen and oxygen atoms in total. The number of rotatable bonds is 8. The van der Waals surface area contributed by atoms with Crippen LogP contribution in [-0.2, 0) is 24.3 Å². The Labute approximate surface area is 196 Å². The van der Waals surface area contributed by atoms with Gasteiger partial charge in [0.05, 0.1) is 12.1 Å². The molecule has 2 heterocycles. The molecule has 0 saturated carbocycles. The second-order valence-electron chi connectivity index (χ2n) is 8.25. The van der Waals surface area contributed by atoms with Crippen LogP contribution in [0.4, 0.5) is 0 Å². The number of aryl methyl sites for hydroxylation is 3. The SMILES string of the molecule is Cc1ccc(Cn2c(=O)c3sccc3n(CC(=O)NCCCc3ccccc3)c2=O)cc1C. The second-order valence-corrected chi connectivity index (χ2v) is 9.17. The van der Waals surface area contributed by atoms with Gasteiger partial charge in [-0.05, 0) is 60.4 Å². The summed E-state index contributed by atoms with van der Waals surface area (Å²) in [5, 5.41) is 4.68. The van der Waals surface area contributed by atoms with E-state index in [0.717, 1.165) is 29.5 Å². The van der Waals surface area contributed by atoms with Crippen molar-refractivity contribution in [3.63, 3.8) is 0 Å². The molecule has 33 heavy (non-hydrogen) atoms. The first-order valence-corrected chi connectivity index (χ1v) is 11.9. The molecular weight excluding hydrogens is 434 g/mol. The van der Waals surface area contributed by atoms with E-state index in [-0.39, 0.29) is 24.6 Å². The van der Waals surface area contributed by atoms with E-state index in [9.17, 15) is 14.4 Å². The third kappa shape index (κ3) is 5.14. The molecule has 0 aliphatic rings. The predicted octanol–water partition coefficient (Wildman–Crippen LogP) is 3.64. The van der Waals surface area contributed by atoms with E-state index in [1.54, 1.807) is 11.4 Å². The number of hydrogen-bond acceptors (Lipinski definition) is 4. The molecule has 0 aliphatic carbocycles. The van der Waals surface area contributed by atoms with Crippen LogP contribution in [0.3, 0.4) is 0 Å². The van der Waals surface area contributed by atoms with Crippen molar-refractivity contribution >= 4 is 27.5 Å². The highest BCUT2D eigenvalue weighted by Crippen LogP contribution is 2.16. The molecule has 2 aromatic carbocycles. The van der Waals surface area contributed by atoms with Crippen LogP contribution in [0.5, 0.6) is 0 Å². The summed E-state index contributed by atoms with van der Waals surface area (Å²) < 4.78 is 3.11. The van der Waals surface area contributed by atoms with Crippen molar-refractivity contribution < 1.29 is 4.79 Å². The molecule has 1 amide bonds. The average Bonchev–Trinajstić information content (AvgIpc) is 3.30. The summed E-state index contributed by atoms with van der Waals surface area (Å²) in [4.78, 5) is 38.9. The first-order chi connectivity index (χ1) is 15.9. The summed E-state index contributed by atoms with van der Waals surface area (Å²) in [6, 6.07) is 17.7. The fraction of sp³-hybridized carbons (Fsp3) is 0.269. The number of aromatic nitrogens is 2. The van der Waals surface area contributed by atoms with Crippen molar-refractivity contribution in [3.8, 4) is 0 Å². The average molecular weight is 462 g/mol. The Morgan fingerprint density at radius 3 is 2.48 bits per heavy atom. The number of nitrogens with zero attached hydrogens (tertiary/aromatic N) is 2. The maximum Gasteiger partial charge on any atom is 0.332 e. The standard InChI is InChI=1S/C26H27N3O3S/c1-18-10-11-21(15-19(18)2)16-29-25(31)24-22(12-14-33-24)28(26(29)32)17-23(30)27-13-6-9-20-7-4-3-5-8-20/h3-5,7-8,10-12,14-15H,6,9,13,16-17H2,1-2H3,(H,27,30). The molecule has 0 fully saturated rings. The highest BCUT2D eigenvalue weighted by molar-refractivity contribution is 7.17. The van der Waals surface area contributed by atoms with Crippen molar-refractivity contribution in [2.45, 2.75) is 39.8 Å². The van der Waals surface area contributed by atoms with Gasteiger partial charge in [-0.3, -0.25) is 18.7 Å². The van der Waals surface area contributed by atoms with Crippen LogP contribution in [0.25, 0.3) is 10.2 Å². The van der Waals surface area contributed by atoms with Crippen LogP contribution in [0.2, 0.25) is 0 Å². The van der Waals surface area contributed by atoms with E-state index in [1.165, 1.54) is 26.0 Å². The number of benzene rings is 2. The Hall–Kier alpha value is -3.45. The predicted molar refractivity (Wildman–Crippen MR) is 133 cm³/mol. The molecule has 7 heteroatoms. The van der Waals surface area contributed by atoms with E-state index in [4.69, 9.17) is 0 Å². The van der Waals surface area contributed by atoms with Gasteiger partial charge in [-0.1, -0.05) is 48.5 Å². The Morgan fingerprint density at radius 1 is 0.939 bits per heavy atom. The number of nitrogens with one attached hydrogen (secondary N) is 1. The van der Waals surface area contributed by atoms with Crippen LogP contribution in [0, 0.1) is 13.8 Å². The topological polar surface area (TPSA) is 73.1 Å². The molecule has 0 atom stereocenters. The number of hydrogen-bond donors (Lipinski definition) is 1. The fourth-order valence-corrected chi connectivity index (χ4v) is 4.72. The van der Waals surface area contributed by atoms with Crippen molar-refractivity contribution in [1.29, 1.82) is 0 Å². The highest BCUT2D eigenvalue weighted by atomic mass is 32.1. The summed E-state index contributed by atoms with van der Waals surface area (Å²) in [6.07, 6.45) is 1.68. The monoisotopic (exact) mass is 461 g/mol. The van der Waals surface area contributed by atoms with Gasteiger partial charge < -0.3 is 5.32 Å². The van der Waals surface area contributed by atoms with Gasteiger partial charge >= 0.3 is 5.69 Å². The van der Waals surface area contributed by atoms with Gasteiger partial charge in [0.15, 0.2) is 0 Å². The van der Waals surface area contributed by atoms with E-state index < -0.39 is 5.69 Å². The van der Waals surface area contributed by atoms with Crippen LogP contribution in [-0.4, -0.2) is 21.6 Å². The van der Waals surface area contributed by atoms with Gasteiger partial charge in [-0.15, -0.1) is 11.3 Å². The third-order valence-corrected chi connectivity index (χ3v) is 6.75. The summed E-state index contributed by atoms with van der Waals surface area (Å²) in [6.45, 7) is 4.60. The normalized spacial score (nSPS) is 11.1. The first kappa shape index (κ1) is 22.7. The lowest BCUT2D eigenvalue weighted by atomic mass is 10.1. The second kappa shape index (κ2) is 10.0. The van der Waals surface area contributed by atoms with Gasteiger partial charge in [0.2, 0.25) is 5.91 Å². The molecule has 2 aromatic heterocycles. The zero-order valence-electron chi connectivity index (χ0n) is 18.8. The minimum Gasteiger partial charge on any atom is -0.355 e. The molecule has 0 saturated heterocycles. The Morgan fingerprint density at radius 2 is 1.73 bits per heavy atom. The zero-order chi connectivity index (χ0) is 23.4. The molecule has 0 spiro atoms. The maximum absolute atomic E-state index is 13.3. The Bertz CT molecular complexity index is 1400. The number of thiophene rings is 1. The minimum atomic E-state index is -0.469. The number of amides is 1. The number of carbonyl (C=O) groups excluding carboxylic acids is 1. The summed E-state index contributed by atoms with van der Waals surface area (Å²) in [5.41, 5.74) is 4.08. The van der Waals surface area contributed by atoms with E-state index in [0.29, 0.717) is 16.8 Å². The summed E-state index contributed by atoms with van der Waals surface area (Å²) in [7, 11) is 0. The van der Waals surface area contributed by atoms with Crippen molar-refractivity contribution in [2.75, 3.05) is 6.54 Å². The van der Waals surface area contributed by atoms with Crippen LogP contribution in [0.1, 0.15) is 28.7 Å². The van der Waals surface area contributed by atoms with E-state index >= 15 is 0 Å². The number of fused-ring (bicyclic) bond motifs is 1. The smallest absolute Gasteiger partial charge is 0.332 e. The number of carbonyl (C=O) groups is 1. The maximum atomic E-state index is 13.3. The lowest BCUT2D eigenvalue weighted by molar-refractivity contribution is -0.121. The first-order valence-electron chi connectivity index (χ1n) is 11.0. The van der Waals surface area contributed by atoms with Crippen molar-refractivity contribution in [2.24, 2.45) is 0 Å². The quantitative estimate of drug-likeness (QED) is 0.407. The summed E-state index contributed by atoms with van der Waals surface area (Å²) >= 11 is 1.29. The summed E-state index contributed by atoms with van der Waals surface area (Å²) in [5.74, 6) is -0.242. The minimum absolute atomic E-state index is 0.120. The van der Waals surface area contributed by atoms with Gasteiger partial charge in [-0.2, -0.15) is 0 Å². The van der Waals surface area contributed by atoms with Gasteiger partial charge in [0, 0.05) is 6.54 Å². The zero-order valence-corrected chi connectivity index (χ0v) is 19.7. The fourth-order valence-electron chi connectivity index (χ4n) is 3.87. The van der Waals surface area contributed by atoms with E-state index in [1.807, 2.05) is 50.2 Å². The lowest BCUT2D eigenvalue weighted by Gasteiger charge is -2.13. The van der Waals surface area contributed by atoms with Gasteiger partial charge in [0.1, 0.15) is 11.2 Å². The van der Waals surface area contributed by atoms with Crippen LogP contribution in [0.15, 0.2) is 69.6 Å².